The number of fused-ring (bicyclic) bond motifs is 1. The van der Waals surface area contributed by atoms with E-state index in [0.29, 0.717) is 43.6 Å². The van der Waals surface area contributed by atoms with Gasteiger partial charge in [-0.3, -0.25) is 9.69 Å². The molecule has 1 aromatic carbocycles. The number of anilines is 1. The summed E-state index contributed by atoms with van der Waals surface area (Å²) < 4.78 is 33.2. The van der Waals surface area contributed by atoms with Crippen LogP contribution in [0.2, 0.25) is 5.02 Å². The van der Waals surface area contributed by atoms with Crippen LogP contribution in [-0.4, -0.2) is 46.4 Å². The van der Waals surface area contributed by atoms with Gasteiger partial charge in [-0.15, -0.1) is 0 Å². The number of aromatic nitrogens is 1. The number of pyridine rings is 1. The van der Waals surface area contributed by atoms with Gasteiger partial charge in [0.25, 0.3) is 0 Å². The fraction of sp³-hybridized carbons (Fsp3) is 0.536. The fourth-order valence-electron chi connectivity index (χ4n) is 6.42. The van der Waals surface area contributed by atoms with E-state index >= 15 is 4.39 Å². The van der Waals surface area contributed by atoms with Crippen molar-refractivity contribution in [1.29, 1.82) is 0 Å². The Hall–Kier alpha value is -3.31. The largest absolute Gasteiger partial charge is 0.519 e. The molecule has 3 aromatic rings. The van der Waals surface area contributed by atoms with Gasteiger partial charge in [-0.2, -0.15) is 0 Å². The van der Waals surface area contributed by atoms with Crippen molar-refractivity contribution in [1.82, 2.24) is 9.47 Å². The first-order valence-corrected chi connectivity index (χ1v) is 14.1. The highest BCUT2D eigenvalue weighted by molar-refractivity contribution is 6.34. The van der Waals surface area contributed by atoms with Crippen molar-refractivity contribution >= 4 is 34.3 Å². The number of piperazine rings is 1. The Bertz CT molecular complexity index is 1570. The summed E-state index contributed by atoms with van der Waals surface area (Å²) in [5.74, 6) is -0.338. The van der Waals surface area contributed by atoms with Crippen LogP contribution in [0.3, 0.4) is 0 Å². The van der Waals surface area contributed by atoms with Crippen molar-refractivity contribution in [3.63, 3.8) is 0 Å². The quantitative estimate of drug-likeness (QED) is 0.390. The van der Waals surface area contributed by atoms with Crippen LogP contribution in [0, 0.1) is 18.7 Å². The topological polar surface area (TPSA) is 118 Å². The summed E-state index contributed by atoms with van der Waals surface area (Å²) in [7, 11) is 0. The van der Waals surface area contributed by atoms with Gasteiger partial charge in [0, 0.05) is 31.7 Å². The highest BCUT2D eigenvalue weighted by Crippen LogP contribution is 2.42. The molecule has 2 aromatic heterocycles. The normalized spacial score (nSPS) is 20.8. The van der Waals surface area contributed by atoms with E-state index in [2.05, 4.69) is 4.90 Å². The van der Waals surface area contributed by atoms with Crippen LogP contribution in [0.1, 0.15) is 62.5 Å². The highest BCUT2D eigenvalue weighted by Gasteiger charge is 2.37. The number of aryl methyl sites for hydroxylation is 1. The first kappa shape index (κ1) is 26.9. The van der Waals surface area contributed by atoms with Crippen molar-refractivity contribution in [3.05, 3.63) is 55.5 Å². The molecule has 2 aliphatic carbocycles. The summed E-state index contributed by atoms with van der Waals surface area (Å²) in [5.41, 5.74) is -0.373. The van der Waals surface area contributed by atoms with E-state index in [1.54, 1.807) is 11.5 Å². The molecule has 0 spiro atoms. The summed E-state index contributed by atoms with van der Waals surface area (Å²) >= 11 is 6.68. The van der Waals surface area contributed by atoms with Gasteiger partial charge in [0.2, 0.25) is 5.43 Å². The fourth-order valence-corrected chi connectivity index (χ4v) is 6.73. The van der Waals surface area contributed by atoms with E-state index in [4.69, 9.17) is 30.3 Å². The molecule has 1 N–H and O–H groups in total. The van der Waals surface area contributed by atoms with E-state index in [1.165, 1.54) is 18.7 Å². The number of ether oxygens (including phenoxy) is 1. The Labute approximate surface area is 233 Å². The first-order valence-electron chi connectivity index (χ1n) is 13.8. The Morgan fingerprint density at radius 2 is 1.90 bits per heavy atom. The number of hydrogen-bond acceptors (Lipinski definition) is 8. The van der Waals surface area contributed by atoms with Crippen LogP contribution in [-0.2, 0) is 6.54 Å². The number of carboxylic acid groups (broad SMARTS) is 1. The Morgan fingerprint density at radius 3 is 2.55 bits per heavy atom. The molecule has 3 heterocycles. The molecule has 0 radical (unpaired) electrons. The lowest BCUT2D eigenvalue weighted by Gasteiger charge is -2.46. The molecule has 12 heteroatoms. The number of carbonyl (C=O) groups is 1. The third-order valence-electron chi connectivity index (χ3n) is 8.51. The second-order valence-electron chi connectivity index (χ2n) is 11.1. The van der Waals surface area contributed by atoms with Crippen molar-refractivity contribution in [2.75, 3.05) is 24.5 Å². The molecule has 10 nitrogen and oxygen atoms in total. The van der Waals surface area contributed by atoms with Gasteiger partial charge in [0.15, 0.2) is 17.3 Å². The van der Waals surface area contributed by atoms with Crippen LogP contribution < -0.4 is 20.9 Å². The number of nitrogens with zero attached hydrogens (tertiary/aromatic N) is 3. The summed E-state index contributed by atoms with van der Waals surface area (Å²) in [5, 5.41) is 9.17. The van der Waals surface area contributed by atoms with Crippen molar-refractivity contribution in [2.45, 2.75) is 70.5 Å². The molecule has 1 saturated heterocycles. The van der Waals surface area contributed by atoms with Crippen molar-refractivity contribution < 1.29 is 27.9 Å². The van der Waals surface area contributed by atoms with Crippen LogP contribution >= 0.6 is 11.6 Å². The lowest BCUT2D eigenvalue weighted by molar-refractivity contribution is 0.0895. The Morgan fingerprint density at radius 1 is 1.15 bits per heavy atom. The molecule has 3 fully saturated rings. The molecular formula is C28H31ClFN3O7. The maximum absolute atomic E-state index is 16.5. The van der Waals surface area contributed by atoms with Crippen LogP contribution in [0.25, 0.3) is 10.9 Å². The standard InChI is InChI=1S/C28H31ClFN3O7/c1-15-21(40-28(37)38-15)13-31-9-10-32(12-20(31)16-5-3-2-4-6-16)25-19(29)11-18-24(23(25)30)33(17-7-8-17)14-22(26(18)34)39-27(35)36/h11,14,16-17,20H,2-10,12-13H2,1H3,(H,35,36). The van der Waals surface area contributed by atoms with Gasteiger partial charge in [-0.25, -0.2) is 14.0 Å². The minimum absolute atomic E-state index is 0.00942. The zero-order valence-electron chi connectivity index (χ0n) is 22.2. The van der Waals surface area contributed by atoms with Crippen molar-refractivity contribution in [2.24, 2.45) is 5.92 Å². The van der Waals surface area contributed by atoms with E-state index in [0.717, 1.165) is 38.5 Å². The number of benzene rings is 1. The number of rotatable bonds is 6. The second kappa shape index (κ2) is 10.6. The monoisotopic (exact) mass is 575 g/mol. The van der Waals surface area contributed by atoms with Gasteiger partial charge < -0.3 is 28.1 Å². The minimum atomic E-state index is -1.61. The lowest BCUT2D eigenvalue weighted by atomic mass is 9.82. The van der Waals surface area contributed by atoms with Crippen LogP contribution in [0.5, 0.6) is 5.75 Å². The SMILES string of the molecule is Cc1oc(=O)oc1CN1CCN(c2c(Cl)cc3c(=O)c(OC(=O)O)cn(C4CC4)c3c2F)CC1C1CCCCC1. The summed E-state index contributed by atoms with van der Waals surface area (Å²) in [6.07, 6.45) is 6.83. The predicted octanol–water partition coefficient (Wildman–Crippen LogP) is 5.31. The van der Waals surface area contributed by atoms with Crippen LogP contribution in [0.4, 0.5) is 14.9 Å². The molecule has 3 aliphatic rings. The average Bonchev–Trinajstić information content (AvgIpc) is 3.71. The first-order chi connectivity index (χ1) is 19.2. The minimum Gasteiger partial charge on any atom is -0.449 e. The Kier molecular flexibility index (Phi) is 7.12. The van der Waals surface area contributed by atoms with Gasteiger partial charge in [-0.05, 0) is 44.6 Å². The maximum Gasteiger partial charge on any atom is 0.519 e. The smallest absolute Gasteiger partial charge is 0.449 e. The third kappa shape index (κ3) is 5.01. The summed E-state index contributed by atoms with van der Waals surface area (Å²) in [6, 6.07) is 1.44. The molecule has 1 unspecified atom stereocenters. The van der Waals surface area contributed by atoms with E-state index in [9.17, 15) is 14.4 Å². The average molecular weight is 576 g/mol. The van der Waals surface area contributed by atoms with Crippen molar-refractivity contribution in [3.8, 4) is 5.75 Å². The molecule has 6 rings (SSSR count). The second-order valence-corrected chi connectivity index (χ2v) is 11.5. The number of hydrogen-bond donors (Lipinski definition) is 1. The van der Waals surface area contributed by atoms with Gasteiger partial charge in [0.1, 0.15) is 5.76 Å². The zero-order valence-corrected chi connectivity index (χ0v) is 22.9. The molecule has 2 saturated carbocycles. The molecule has 1 aliphatic heterocycles. The highest BCUT2D eigenvalue weighted by atomic mass is 35.5. The van der Waals surface area contributed by atoms with E-state index in [-0.39, 0.29) is 39.4 Å². The zero-order chi connectivity index (χ0) is 28.1. The maximum atomic E-state index is 16.5. The van der Waals surface area contributed by atoms with Gasteiger partial charge in [-0.1, -0.05) is 30.9 Å². The van der Waals surface area contributed by atoms with Gasteiger partial charge >= 0.3 is 12.0 Å². The molecule has 0 bridgehead atoms. The number of halogens is 2. The molecule has 214 valence electrons. The molecule has 1 atom stereocenters. The Balaban J connectivity index is 1.39. The van der Waals surface area contributed by atoms with E-state index in [1.807, 2.05) is 4.90 Å². The van der Waals surface area contributed by atoms with Gasteiger partial charge in [0.05, 0.1) is 34.4 Å². The van der Waals surface area contributed by atoms with Crippen LogP contribution in [0.15, 0.2) is 30.7 Å². The van der Waals surface area contributed by atoms with E-state index < -0.39 is 23.2 Å². The summed E-state index contributed by atoms with van der Waals surface area (Å²) in [6.45, 7) is 3.71. The molecule has 40 heavy (non-hydrogen) atoms. The third-order valence-corrected chi connectivity index (χ3v) is 8.80. The summed E-state index contributed by atoms with van der Waals surface area (Å²) in [4.78, 5) is 40.1. The molecule has 0 amide bonds. The predicted molar refractivity (Wildman–Crippen MR) is 145 cm³/mol. The lowest BCUT2D eigenvalue weighted by Crippen LogP contribution is -2.56. The molecular weight excluding hydrogens is 545 g/mol.